The number of amides is 1. The summed E-state index contributed by atoms with van der Waals surface area (Å²) in [7, 11) is 1.62. The molecule has 1 N–H and O–H groups in total. The Morgan fingerprint density at radius 3 is 2.08 bits per heavy atom. The Morgan fingerprint density at radius 1 is 1.17 bits per heavy atom. The van der Waals surface area contributed by atoms with E-state index in [1.807, 2.05) is 32.0 Å². The summed E-state index contributed by atoms with van der Waals surface area (Å²) in [4.78, 5) is 10.9. The molecule has 0 atom stereocenters. The quantitative estimate of drug-likeness (QED) is 0.678. The molecule has 1 amide bonds. The van der Waals surface area contributed by atoms with Crippen molar-refractivity contribution in [1.82, 2.24) is 5.32 Å². The van der Waals surface area contributed by atoms with Crippen LogP contribution in [0, 0.1) is 0 Å². The predicted molar refractivity (Wildman–Crippen MR) is 51.2 cm³/mol. The lowest BCUT2D eigenvalue weighted by atomic mass is 10.2. The van der Waals surface area contributed by atoms with Crippen molar-refractivity contribution < 1.29 is 4.79 Å². The smallest absolute Gasteiger partial charge is 0.251 e. The van der Waals surface area contributed by atoms with Gasteiger partial charge in [0.15, 0.2) is 0 Å². The second-order valence-corrected chi connectivity index (χ2v) is 1.95. The van der Waals surface area contributed by atoms with Crippen LogP contribution in [0.4, 0.5) is 0 Å². The highest BCUT2D eigenvalue weighted by Gasteiger charge is 1.97. The van der Waals surface area contributed by atoms with E-state index in [2.05, 4.69) is 5.32 Å². The summed E-state index contributed by atoms with van der Waals surface area (Å²) in [5.74, 6) is -0.0411. The van der Waals surface area contributed by atoms with Crippen LogP contribution in [0.25, 0.3) is 0 Å². The van der Waals surface area contributed by atoms with E-state index in [4.69, 9.17) is 0 Å². The molecule has 66 valence electrons. The van der Waals surface area contributed by atoms with Crippen molar-refractivity contribution in [2.24, 2.45) is 0 Å². The summed E-state index contributed by atoms with van der Waals surface area (Å²) in [6.07, 6.45) is 0. The number of hydrogen-bond donors (Lipinski definition) is 1. The van der Waals surface area contributed by atoms with Gasteiger partial charge in [0.1, 0.15) is 0 Å². The molecular formula is C10H15NO. The minimum atomic E-state index is -0.0411. The maximum absolute atomic E-state index is 10.9. The van der Waals surface area contributed by atoms with E-state index in [0.717, 1.165) is 0 Å². The van der Waals surface area contributed by atoms with Crippen molar-refractivity contribution in [3.05, 3.63) is 35.9 Å². The molecule has 1 aromatic carbocycles. The Balaban J connectivity index is 0.000000561. The number of nitrogens with one attached hydrogen (secondary N) is 1. The fourth-order valence-electron chi connectivity index (χ4n) is 0.734. The molecule has 1 rings (SSSR count). The summed E-state index contributed by atoms with van der Waals surface area (Å²) in [6, 6.07) is 9.11. The van der Waals surface area contributed by atoms with Crippen molar-refractivity contribution in [3.8, 4) is 0 Å². The molecule has 0 aromatic heterocycles. The highest BCUT2D eigenvalue weighted by molar-refractivity contribution is 5.93. The van der Waals surface area contributed by atoms with Gasteiger partial charge in [-0.3, -0.25) is 4.79 Å². The largest absolute Gasteiger partial charge is 0.355 e. The maximum atomic E-state index is 10.9. The second-order valence-electron chi connectivity index (χ2n) is 1.95. The normalized spacial score (nSPS) is 7.92. The first-order valence-corrected chi connectivity index (χ1v) is 4.11. The summed E-state index contributed by atoms with van der Waals surface area (Å²) in [5, 5.41) is 2.54. The molecule has 2 nitrogen and oxygen atoms in total. The topological polar surface area (TPSA) is 29.1 Å². The number of benzene rings is 1. The zero-order chi connectivity index (χ0) is 9.40. The first-order chi connectivity index (χ1) is 5.84. The van der Waals surface area contributed by atoms with E-state index in [9.17, 15) is 4.79 Å². The molecule has 0 aliphatic rings. The van der Waals surface area contributed by atoms with Gasteiger partial charge in [-0.05, 0) is 12.1 Å². The van der Waals surface area contributed by atoms with Crippen LogP contribution in [0.15, 0.2) is 30.3 Å². The van der Waals surface area contributed by atoms with Gasteiger partial charge in [0.25, 0.3) is 5.91 Å². The molecule has 0 aliphatic heterocycles. The number of carbonyl (C=O) groups excluding carboxylic acids is 1. The standard InChI is InChI=1S/C8H9NO.C2H6/c1-9-8(10)7-5-3-2-4-6-7;1-2/h2-6H,1H3,(H,9,10);1-2H3. The van der Waals surface area contributed by atoms with Crippen LogP contribution >= 0.6 is 0 Å². The minimum Gasteiger partial charge on any atom is -0.355 e. The van der Waals surface area contributed by atoms with Crippen LogP contribution in [0.5, 0.6) is 0 Å². The molecule has 0 unspecified atom stereocenters. The third kappa shape index (κ3) is 3.19. The van der Waals surface area contributed by atoms with Crippen LogP contribution in [0.3, 0.4) is 0 Å². The van der Waals surface area contributed by atoms with Gasteiger partial charge in [-0.1, -0.05) is 32.0 Å². The maximum Gasteiger partial charge on any atom is 0.251 e. The zero-order valence-electron chi connectivity index (χ0n) is 7.79. The molecule has 0 radical (unpaired) electrons. The molecule has 2 heteroatoms. The fraction of sp³-hybridized carbons (Fsp3) is 0.300. The molecule has 0 saturated carbocycles. The average molecular weight is 165 g/mol. The summed E-state index contributed by atoms with van der Waals surface area (Å²) in [5.41, 5.74) is 0.699. The lowest BCUT2D eigenvalue weighted by Crippen LogP contribution is -2.17. The highest BCUT2D eigenvalue weighted by atomic mass is 16.1. The Labute approximate surface area is 73.6 Å². The number of rotatable bonds is 1. The molecule has 0 aliphatic carbocycles. The zero-order valence-corrected chi connectivity index (χ0v) is 7.79. The molecule has 12 heavy (non-hydrogen) atoms. The number of hydrogen-bond acceptors (Lipinski definition) is 1. The van der Waals surface area contributed by atoms with E-state index >= 15 is 0 Å². The van der Waals surface area contributed by atoms with Gasteiger partial charge in [0.05, 0.1) is 0 Å². The van der Waals surface area contributed by atoms with E-state index in [0.29, 0.717) is 5.56 Å². The molecular weight excluding hydrogens is 150 g/mol. The second kappa shape index (κ2) is 6.40. The Morgan fingerprint density at radius 2 is 1.67 bits per heavy atom. The monoisotopic (exact) mass is 165 g/mol. The van der Waals surface area contributed by atoms with Crippen molar-refractivity contribution in [2.75, 3.05) is 7.05 Å². The minimum absolute atomic E-state index is 0.0411. The molecule has 0 fully saturated rings. The third-order valence-electron chi connectivity index (χ3n) is 1.26. The van der Waals surface area contributed by atoms with Crippen LogP contribution < -0.4 is 5.32 Å². The Hall–Kier alpha value is -1.31. The van der Waals surface area contributed by atoms with Crippen molar-refractivity contribution in [3.63, 3.8) is 0 Å². The van der Waals surface area contributed by atoms with Crippen molar-refractivity contribution >= 4 is 5.91 Å². The van der Waals surface area contributed by atoms with Crippen LogP contribution in [0.2, 0.25) is 0 Å². The third-order valence-corrected chi connectivity index (χ3v) is 1.26. The lowest BCUT2D eigenvalue weighted by molar-refractivity contribution is 0.0963. The van der Waals surface area contributed by atoms with Crippen LogP contribution in [-0.2, 0) is 0 Å². The fourth-order valence-corrected chi connectivity index (χ4v) is 0.734. The van der Waals surface area contributed by atoms with Crippen molar-refractivity contribution in [2.45, 2.75) is 13.8 Å². The van der Waals surface area contributed by atoms with Gasteiger partial charge >= 0.3 is 0 Å². The van der Waals surface area contributed by atoms with Gasteiger partial charge in [0, 0.05) is 12.6 Å². The summed E-state index contributed by atoms with van der Waals surface area (Å²) in [6.45, 7) is 4.00. The molecule has 0 saturated heterocycles. The number of carbonyl (C=O) groups is 1. The summed E-state index contributed by atoms with van der Waals surface area (Å²) >= 11 is 0. The van der Waals surface area contributed by atoms with Gasteiger partial charge < -0.3 is 5.32 Å². The molecule has 0 heterocycles. The van der Waals surface area contributed by atoms with Crippen molar-refractivity contribution in [1.29, 1.82) is 0 Å². The molecule has 1 aromatic rings. The van der Waals surface area contributed by atoms with E-state index < -0.39 is 0 Å². The lowest BCUT2D eigenvalue weighted by Gasteiger charge is -1.96. The van der Waals surface area contributed by atoms with E-state index in [-0.39, 0.29) is 5.91 Å². The highest BCUT2D eigenvalue weighted by Crippen LogP contribution is 1.96. The van der Waals surface area contributed by atoms with Crippen LogP contribution in [0.1, 0.15) is 24.2 Å². The Bertz CT molecular complexity index is 219. The van der Waals surface area contributed by atoms with E-state index in [1.54, 1.807) is 19.2 Å². The van der Waals surface area contributed by atoms with E-state index in [1.165, 1.54) is 0 Å². The first kappa shape index (κ1) is 10.7. The van der Waals surface area contributed by atoms with Gasteiger partial charge in [-0.15, -0.1) is 0 Å². The Kier molecular flexibility index (Phi) is 5.70. The summed E-state index contributed by atoms with van der Waals surface area (Å²) < 4.78 is 0. The van der Waals surface area contributed by atoms with Gasteiger partial charge in [0.2, 0.25) is 0 Å². The van der Waals surface area contributed by atoms with Gasteiger partial charge in [-0.2, -0.15) is 0 Å². The van der Waals surface area contributed by atoms with Gasteiger partial charge in [-0.25, -0.2) is 0 Å². The molecule has 0 bridgehead atoms. The average Bonchev–Trinajstić information content (AvgIpc) is 2.21. The first-order valence-electron chi connectivity index (χ1n) is 4.11. The predicted octanol–water partition coefficient (Wildman–Crippen LogP) is 2.07. The SMILES string of the molecule is CC.CNC(=O)c1ccccc1. The molecule has 0 spiro atoms. The van der Waals surface area contributed by atoms with Crippen LogP contribution in [-0.4, -0.2) is 13.0 Å².